The molecule has 1 aliphatic heterocycles. The maximum atomic E-state index is 13.4. The molecule has 0 aliphatic carbocycles. The molecular formula is C22H25N3O6S. The smallest absolute Gasteiger partial charge is 0.338 e. The number of hydrogen-bond donors (Lipinski definition) is 2. The highest BCUT2D eigenvalue weighted by Gasteiger charge is 2.36. The molecule has 2 aromatic rings. The number of para-hydroxylation sites is 1. The number of amides is 3. The molecule has 0 aromatic heterocycles. The van der Waals surface area contributed by atoms with E-state index in [-0.39, 0.29) is 16.5 Å². The summed E-state index contributed by atoms with van der Waals surface area (Å²) in [6.45, 7) is 5.16. The average Bonchev–Trinajstić information content (AvgIpc) is 3.10. The van der Waals surface area contributed by atoms with E-state index < -0.39 is 34.0 Å². The standard InChI is InChI=1S/C22H25N3O6S/c1-4-23-22(28)24-20(26)15(3)31-21(27)17-9-7-10-18(13-17)32(29,30)25-14(2)12-16-8-5-6-11-19(16)25/h5-11,13-15H,4,12H2,1-3H3,(H2,23,24,26,28)/t14-,15+/m1/s1. The third-order valence-corrected chi connectivity index (χ3v) is 6.92. The number of carbonyl (C=O) groups excluding carboxylic acids is 3. The third-order valence-electron chi connectivity index (χ3n) is 5.00. The van der Waals surface area contributed by atoms with Crippen molar-refractivity contribution >= 4 is 33.6 Å². The van der Waals surface area contributed by atoms with Crippen LogP contribution in [-0.4, -0.2) is 45.0 Å². The van der Waals surface area contributed by atoms with Crippen molar-refractivity contribution < 1.29 is 27.5 Å². The summed E-state index contributed by atoms with van der Waals surface area (Å²) >= 11 is 0. The van der Waals surface area contributed by atoms with Crippen LogP contribution in [0.1, 0.15) is 36.7 Å². The lowest BCUT2D eigenvalue weighted by atomic mass is 10.1. The van der Waals surface area contributed by atoms with Crippen LogP contribution in [0.15, 0.2) is 53.4 Å². The van der Waals surface area contributed by atoms with Crippen LogP contribution in [-0.2, 0) is 26.0 Å². The van der Waals surface area contributed by atoms with Crippen LogP contribution in [0.5, 0.6) is 0 Å². The normalized spacial score (nSPS) is 16.1. The van der Waals surface area contributed by atoms with Gasteiger partial charge >= 0.3 is 12.0 Å². The fraction of sp³-hybridized carbons (Fsp3) is 0.318. The van der Waals surface area contributed by atoms with Gasteiger partial charge in [0.05, 0.1) is 16.1 Å². The van der Waals surface area contributed by atoms with Gasteiger partial charge in [-0.3, -0.25) is 14.4 Å². The zero-order valence-corrected chi connectivity index (χ0v) is 18.8. The number of carbonyl (C=O) groups is 3. The molecule has 3 amide bonds. The largest absolute Gasteiger partial charge is 0.449 e. The van der Waals surface area contributed by atoms with E-state index in [0.29, 0.717) is 18.7 Å². The topological polar surface area (TPSA) is 122 Å². The van der Waals surface area contributed by atoms with Gasteiger partial charge in [-0.1, -0.05) is 24.3 Å². The number of hydrogen-bond acceptors (Lipinski definition) is 6. The van der Waals surface area contributed by atoms with Gasteiger partial charge in [0.25, 0.3) is 15.9 Å². The van der Waals surface area contributed by atoms with E-state index in [4.69, 9.17) is 4.74 Å². The molecule has 0 radical (unpaired) electrons. The Morgan fingerprint density at radius 2 is 1.88 bits per heavy atom. The van der Waals surface area contributed by atoms with Crippen molar-refractivity contribution in [2.24, 2.45) is 0 Å². The Kier molecular flexibility index (Phi) is 6.83. The van der Waals surface area contributed by atoms with Crippen molar-refractivity contribution in [2.75, 3.05) is 10.8 Å². The van der Waals surface area contributed by atoms with Crippen molar-refractivity contribution in [2.45, 2.75) is 44.2 Å². The van der Waals surface area contributed by atoms with Crippen LogP contribution in [0.25, 0.3) is 0 Å². The first-order chi connectivity index (χ1) is 15.1. The van der Waals surface area contributed by atoms with Crippen molar-refractivity contribution in [3.8, 4) is 0 Å². The molecule has 0 unspecified atom stereocenters. The Bertz CT molecular complexity index is 1150. The van der Waals surface area contributed by atoms with E-state index in [1.807, 2.05) is 19.1 Å². The molecule has 170 valence electrons. The number of esters is 1. The molecule has 0 bridgehead atoms. The molecule has 32 heavy (non-hydrogen) atoms. The Hall–Kier alpha value is -3.40. The maximum Gasteiger partial charge on any atom is 0.338 e. The van der Waals surface area contributed by atoms with Crippen molar-refractivity contribution in [1.82, 2.24) is 10.6 Å². The van der Waals surface area contributed by atoms with Gasteiger partial charge in [-0.05, 0) is 57.0 Å². The number of urea groups is 1. The van der Waals surface area contributed by atoms with Crippen molar-refractivity contribution in [3.63, 3.8) is 0 Å². The first-order valence-electron chi connectivity index (χ1n) is 10.2. The number of ether oxygens (including phenoxy) is 1. The summed E-state index contributed by atoms with van der Waals surface area (Å²) in [5.41, 5.74) is 1.53. The summed E-state index contributed by atoms with van der Waals surface area (Å²) < 4.78 is 33.2. The predicted octanol–water partition coefficient (Wildman–Crippen LogP) is 2.22. The third kappa shape index (κ3) is 4.75. The molecule has 0 saturated carbocycles. The minimum atomic E-state index is -3.93. The van der Waals surface area contributed by atoms with Crippen molar-refractivity contribution in [1.29, 1.82) is 0 Å². The number of anilines is 1. The van der Waals surface area contributed by atoms with Crippen LogP contribution >= 0.6 is 0 Å². The quantitative estimate of drug-likeness (QED) is 0.639. The summed E-state index contributed by atoms with van der Waals surface area (Å²) in [6, 6.07) is 11.8. The van der Waals surface area contributed by atoms with Gasteiger partial charge in [0.1, 0.15) is 0 Å². The summed E-state index contributed by atoms with van der Waals surface area (Å²) in [5.74, 6) is -1.67. The van der Waals surface area contributed by atoms with Gasteiger partial charge in [-0.2, -0.15) is 0 Å². The number of fused-ring (bicyclic) bond motifs is 1. The van der Waals surface area contributed by atoms with Crippen LogP contribution in [0.2, 0.25) is 0 Å². The maximum absolute atomic E-state index is 13.4. The van der Waals surface area contributed by atoms with Gasteiger partial charge in [0.15, 0.2) is 6.10 Å². The van der Waals surface area contributed by atoms with E-state index in [9.17, 15) is 22.8 Å². The number of nitrogens with zero attached hydrogens (tertiary/aromatic N) is 1. The molecular weight excluding hydrogens is 434 g/mol. The first kappa shape index (κ1) is 23.3. The Morgan fingerprint density at radius 1 is 1.16 bits per heavy atom. The lowest BCUT2D eigenvalue weighted by Gasteiger charge is -2.24. The van der Waals surface area contributed by atoms with E-state index >= 15 is 0 Å². The van der Waals surface area contributed by atoms with Gasteiger partial charge in [-0.25, -0.2) is 18.0 Å². The molecule has 0 spiro atoms. The minimum absolute atomic E-state index is 0.0242. The number of benzene rings is 2. The molecule has 10 heteroatoms. The van der Waals surface area contributed by atoms with Gasteiger partial charge < -0.3 is 10.1 Å². The first-order valence-corrected chi connectivity index (χ1v) is 11.6. The highest BCUT2D eigenvalue weighted by molar-refractivity contribution is 7.92. The number of sulfonamides is 1. The second-order valence-corrected chi connectivity index (χ2v) is 9.22. The number of nitrogens with one attached hydrogen (secondary N) is 2. The zero-order valence-electron chi connectivity index (χ0n) is 18.0. The SMILES string of the molecule is CCNC(=O)NC(=O)[C@H](C)OC(=O)c1cccc(S(=O)(=O)N2c3ccccc3C[C@H]2C)c1. The van der Waals surface area contributed by atoms with E-state index in [1.54, 1.807) is 19.1 Å². The number of imide groups is 1. The molecule has 0 fully saturated rings. The highest BCUT2D eigenvalue weighted by atomic mass is 32.2. The Labute approximate surface area is 186 Å². The monoisotopic (exact) mass is 459 g/mol. The molecule has 1 heterocycles. The van der Waals surface area contributed by atoms with Crippen molar-refractivity contribution in [3.05, 3.63) is 59.7 Å². The molecule has 9 nitrogen and oxygen atoms in total. The van der Waals surface area contributed by atoms with Gasteiger partial charge in [-0.15, -0.1) is 0 Å². The predicted molar refractivity (Wildman–Crippen MR) is 118 cm³/mol. The summed E-state index contributed by atoms with van der Waals surface area (Å²) in [5, 5.41) is 4.45. The van der Waals surface area contributed by atoms with Crippen LogP contribution in [0.3, 0.4) is 0 Å². The summed E-state index contributed by atoms with van der Waals surface area (Å²) in [7, 11) is -3.93. The second kappa shape index (κ2) is 9.39. The number of rotatable bonds is 6. The lowest BCUT2D eigenvalue weighted by Crippen LogP contribution is -2.44. The van der Waals surface area contributed by atoms with Gasteiger partial charge in [0, 0.05) is 12.6 Å². The van der Waals surface area contributed by atoms with E-state index in [0.717, 1.165) is 5.56 Å². The van der Waals surface area contributed by atoms with E-state index in [2.05, 4.69) is 10.6 Å². The lowest BCUT2D eigenvalue weighted by molar-refractivity contribution is -0.127. The van der Waals surface area contributed by atoms with Crippen LogP contribution < -0.4 is 14.9 Å². The fourth-order valence-electron chi connectivity index (χ4n) is 3.50. The molecule has 2 aromatic carbocycles. The minimum Gasteiger partial charge on any atom is -0.449 e. The van der Waals surface area contributed by atoms with Crippen LogP contribution in [0.4, 0.5) is 10.5 Å². The van der Waals surface area contributed by atoms with Gasteiger partial charge in [0.2, 0.25) is 0 Å². The molecule has 2 atom stereocenters. The average molecular weight is 460 g/mol. The molecule has 1 aliphatic rings. The zero-order chi connectivity index (χ0) is 23.5. The summed E-state index contributed by atoms with van der Waals surface area (Å²) in [4.78, 5) is 35.9. The molecule has 2 N–H and O–H groups in total. The summed E-state index contributed by atoms with van der Waals surface area (Å²) in [6.07, 6.45) is -0.661. The highest BCUT2D eigenvalue weighted by Crippen LogP contribution is 2.36. The fourth-order valence-corrected chi connectivity index (χ4v) is 5.24. The van der Waals surface area contributed by atoms with E-state index in [1.165, 1.54) is 35.5 Å². The molecule has 0 saturated heterocycles. The second-order valence-electron chi connectivity index (χ2n) is 7.41. The Balaban J connectivity index is 1.78. The van der Waals surface area contributed by atoms with Crippen LogP contribution in [0, 0.1) is 0 Å². The Morgan fingerprint density at radius 3 is 2.59 bits per heavy atom. The molecule has 3 rings (SSSR count).